The number of hydrogen-bond acceptors (Lipinski definition) is 5. The van der Waals surface area contributed by atoms with E-state index in [2.05, 4.69) is 0 Å². The van der Waals surface area contributed by atoms with E-state index in [9.17, 15) is 9.59 Å². The van der Waals surface area contributed by atoms with Crippen molar-refractivity contribution in [2.45, 2.75) is 26.8 Å². The smallest absolute Gasteiger partial charge is 0.295 e. The number of benzene rings is 3. The van der Waals surface area contributed by atoms with Crippen LogP contribution in [-0.4, -0.2) is 19.1 Å². The molecule has 0 saturated heterocycles. The van der Waals surface area contributed by atoms with E-state index in [1.807, 2.05) is 75.4 Å². The number of fused-ring (bicyclic) bond motifs is 2. The van der Waals surface area contributed by atoms with Crippen molar-refractivity contribution < 1.29 is 18.7 Å². The van der Waals surface area contributed by atoms with Crippen LogP contribution in [0.1, 0.15) is 47.1 Å². The Hall–Kier alpha value is -4.06. The third-order valence-electron chi connectivity index (χ3n) is 5.94. The van der Waals surface area contributed by atoms with Gasteiger partial charge in [0.25, 0.3) is 5.91 Å². The predicted octanol–water partition coefficient (Wildman–Crippen LogP) is 5.65. The van der Waals surface area contributed by atoms with Crippen LogP contribution in [-0.2, 0) is 0 Å². The summed E-state index contributed by atoms with van der Waals surface area (Å²) in [5, 5.41) is 0.464. The second-order valence-corrected chi connectivity index (χ2v) is 8.18. The van der Waals surface area contributed by atoms with Crippen LogP contribution in [0.4, 0.5) is 5.69 Å². The summed E-state index contributed by atoms with van der Waals surface area (Å²) in [6.07, 6.45) is 0. The molecule has 1 atom stereocenters. The molecule has 2 heterocycles. The number of ether oxygens (including phenoxy) is 2. The van der Waals surface area contributed by atoms with E-state index < -0.39 is 6.04 Å². The van der Waals surface area contributed by atoms with E-state index in [4.69, 9.17) is 13.9 Å². The van der Waals surface area contributed by atoms with Crippen molar-refractivity contribution in [3.05, 3.63) is 99.4 Å². The van der Waals surface area contributed by atoms with Gasteiger partial charge in [0.2, 0.25) is 5.76 Å². The standard InChI is InChI=1S/C28H25NO5/c1-4-32-20-12-10-19(11-13-20)29-25(18-7-6-8-21(16-18)33-5-2)24-26(30)22-15-17(3)9-14-23(22)34-27(24)28(29)31/h6-16,25H,4-5H2,1-3H3. The number of hydrogen-bond donors (Lipinski definition) is 0. The van der Waals surface area contributed by atoms with E-state index in [-0.39, 0.29) is 17.1 Å². The van der Waals surface area contributed by atoms with E-state index in [0.717, 1.165) is 11.1 Å². The lowest BCUT2D eigenvalue weighted by molar-refractivity contribution is 0.0971. The molecule has 0 fully saturated rings. The molecule has 6 nitrogen and oxygen atoms in total. The first kappa shape index (κ1) is 21.8. The lowest BCUT2D eigenvalue weighted by Gasteiger charge is -2.25. The molecular weight excluding hydrogens is 430 g/mol. The third kappa shape index (κ3) is 3.61. The molecule has 0 spiro atoms. The number of amides is 1. The topological polar surface area (TPSA) is 69.0 Å². The molecule has 1 amide bonds. The van der Waals surface area contributed by atoms with Gasteiger partial charge in [0.15, 0.2) is 5.43 Å². The van der Waals surface area contributed by atoms with Crippen LogP contribution in [0.5, 0.6) is 11.5 Å². The zero-order valence-electron chi connectivity index (χ0n) is 19.3. The van der Waals surface area contributed by atoms with Gasteiger partial charge < -0.3 is 13.9 Å². The van der Waals surface area contributed by atoms with Gasteiger partial charge >= 0.3 is 0 Å². The average molecular weight is 456 g/mol. The summed E-state index contributed by atoms with van der Waals surface area (Å²) in [6, 6.07) is 19.5. The zero-order valence-corrected chi connectivity index (χ0v) is 19.3. The molecule has 34 heavy (non-hydrogen) atoms. The number of rotatable bonds is 6. The Morgan fingerprint density at radius 2 is 1.62 bits per heavy atom. The number of carbonyl (C=O) groups is 1. The predicted molar refractivity (Wildman–Crippen MR) is 131 cm³/mol. The first-order valence-electron chi connectivity index (χ1n) is 11.4. The average Bonchev–Trinajstić information content (AvgIpc) is 3.13. The van der Waals surface area contributed by atoms with Gasteiger partial charge in [0, 0.05) is 5.69 Å². The quantitative estimate of drug-likeness (QED) is 0.376. The highest BCUT2D eigenvalue weighted by Gasteiger charge is 2.43. The maximum atomic E-state index is 13.7. The molecule has 6 heteroatoms. The number of nitrogens with zero attached hydrogens (tertiary/aromatic N) is 1. The highest BCUT2D eigenvalue weighted by atomic mass is 16.5. The van der Waals surface area contributed by atoms with Crippen molar-refractivity contribution in [2.75, 3.05) is 18.1 Å². The van der Waals surface area contributed by atoms with Crippen LogP contribution < -0.4 is 19.8 Å². The van der Waals surface area contributed by atoms with E-state index in [1.54, 1.807) is 17.0 Å². The van der Waals surface area contributed by atoms with E-state index in [1.165, 1.54) is 0 Å². The Kier molecular flexibility index (Phi) is 5.57. The monoisotopic (exact) mass is 455 g/mol. The summed E-state index contributed by atoms with van der Waals surface area (Å²) in [5.74, 6) is 1.10. The summed E-state index contributed by atoms with van der Waals surface area (Å²) < 4.78 is 17.3. The highest BCUT2D eigenvalue weighted by Crippen LogP contribution is 2.42. The largest absolute Gasteiger partial charge is 0.494 e. The minimum Gasteiger partial charge on any atom is -0.494 e. The zero-order chi connectivity index (χ0) is 23.8. The van der Waals surface area contributed by atoms with E-state index >= 15 is 0 Å². The molecule has 0 bridgehead atoms. The van der Waals surface area contributed by atoms with Gasteiger partial charge in [0.1, 0.15) is 17.1 Å². The summed E-state index contributed by atoms with van der Waals surface area (Å²) in [4.78, 5) is 29.0. The lowest BCUT2D eigenvalue weighted by Crippen LogP contribution is -2.29. The molecule has 1 aliphatic rings. The molecule has 0 N–H and O–H groups in total. The molecule has 0 aliphatic carbocycles. The molecular formula is C28H25NO5. The first-order valence-corrected chi connectivity index (χ1v) is 11.4. The molecule has 1 aromatic heterocycles. The van der Waals surface area contributed by atoms with Crippen molar-refractivity contribution in [1.82, 2.24) is 0 Å². The molecule has 1 aliphatic heterocycles. The number of aryl methyl sites for hydroxylation is 1. The lowest BCUT2D eigenvalue weighted by atomic mass is 9.97. The van der Waals surface area contributed by atoms with Gasteiger partial charge in [-0.2, -0.15) is 0 Å². The summed E-state index contributed by atoms with van der Waals surface area (Å²) in [5.41, 5.74) is 2.90. The summed E-state index contributed by atoms with van der Waals surface area (Å²) in [6.45, 7) is 6.81. The highest BCUT2D eigenvalue weighted by molar-refractivity contribution is 6.10. The number of carbonyl (C=O) groups excluding carboxylic acids is 1. The Labute approximate surface area is 197 Å². The fourth-order valence-corrected chi connectivity index (χ4v) is 4.48. The second-order valence-electron chi connectivity index (χ2n) is 8.18. The normalized spacial score (nSPS) is 15.0. The van der Waals surface area contributed by atoms with Crippen LogP contribution in [0.15, 0.2) is 75.9 Å². The van der Waals surface area contributed by atoms with Gasteiger partial charge in [-0.1, -0.05) is 23.8 Å². The Bertz CT molecular complexity index is 1440. The van der Waals surface area contributed by atoms with Gasteiger partial charge in [-0.25, -0.2) is 0 Å². The van der Waals surface area contributed by atoms with Crippen molar-refractivity contribution in [2.24, 2.45) is 0 Å². The molecule has 0 radical (unpaired) electrons. The van der Waals surface area contributed by atoms with Gasteiger partial charge in [-0.05, 0) is 74.9 Å². The Morgan fingerprint density at radius 3 is 2.35 bits per heavy atom. The molecule has 3 aromatic carbocycles. The first-order chi connectivity index (χ1) is 16.5. The van der Waals surface area contributed by atoms with Crippen LogP contribution >= 0.6 is 0 Å². The second kappa shape index (κ2) is 8.71. The maximum absolute atomic E-state index is 13.7. The van der Waals surface area contributed by atoms with Crippen molar-refractivity contribution in [3.8, 4) is 11.5 Å². The molecule has 0 saturated carbocycles. The minimum atomic E-state index is -0.651. The summed E-state index contributed by atoms with van der Waals surface area (Å²) in [7, 11) is 0. The molecule has 4 aromatic rings. The van der Waals surface area contributed by atoms with Crippen LogP contribution in [0.2, 0.25) is 0 Å². The maximum Gasteiger partial charge on any atom is 0.295 e. The van der Waals surface area contributed by atoms with Crippen LogP contribution in [0.3, 0.4) is 0 Å². The van der Waals surface area contributed by atoms with Crippen LogP contribution in [0, 0.1) is 6.92 Å². The van der Waals surface area contributed by atoms with Gasteiger partial charge in [0.05, 0.1) is 30.2 Å². The third-order valence-corrected chi connectivity index (χ3v) is 5.94. The molecule has 172 valence electrons. The van der Waals surface area contributed by atoms with Crippen LogP contribution in [0.25, 0.3) is 11.0 Å². The fraction of sp³-hybridized carbons (Fsp3) is 0.214. The SMILES string of the molecule is CCOc1ccc(N2C(=O)c3oc4ccc(C)cc4c(=O)c3C2c2cccc(OCC)c2)cc1. The Morgan fingerprint density at radius 1 is 0.882 bits per heavy atom. The summed E-state index contributed by atoms with van der Waals surface area (Å²) >= 11 is 0. The minimum absolute atomic E-state index is 0.0713. The molecule has 1 unspecified atom stereocenters. The Balaban J connectivity index is 1.74. The molecule has 5 rings (SSSR count). The van der Waals surface area contributed by atoms with Crippen molar-refractivity contribution in [1.29, 1.82) is 0 Å². The number of anilines is 1. The van der Waals surface area contributed by atoms with Gasteiger partial charge in [-0.15, -0.1) is 0 Å². The van der Waals surface area contributed by atoms with Crippen molar-refractivity contribution in [3.63, 3.8) is 0 Å². The van der Waals surface area contributed by atoms with Crippen molar-refractivity contribution >= 4 is 22.6 Å². The van der Waals surface area contributed by atoms with Gasteiger partial charge in [-0.3, -0.25) is 14.5 Å². The van der Waals surface area contributed by atoms with E-state index in [0.29, 0.717) is 46.9 Å². The fourth-order valence-electron chi connectivity index (χ4n) is 4.48.